The van der Waals surface area contributed by atoms with E-state index in [-0.39, 0.29) is 24.0 Å². The van der Waals surface area contributed by atoms with Crippen LogP contribution in [0.1, 0.15) is 31.2 Å². The quantitative estimate of drug-likeness (QED) is 0.228. The molecule has 0 saturated carbocycles. The first kappa shape index (κ1) is 25.0. The lowest BCUT2D eigenvalue weighted by Gasteiger charge is -2.26. The van der Waals surface area contributed by atoms with Crippen molar-refractivity contribution in [3.05, 3.63) is 29.8 Å². The molecular formula is C21H36IN3O3. The first-order valence-electron chi connectivity index (χ1n) is 9.93. The standard InChI is InChI=1S/C21H35N3O3.HI/c1-22-21(24(2)11-8-18-9-14-26-15-10-18)23-17-19-6-4-7-20(16-19)27-13-5-12-25-3;/h4,6-7,16,18H,5,8-15,17H2,1-3H3,(H,22,23);1H. The van der Waals surface area contributed by atoms with Crippen LogP contribution in [0, 0.1) is 5.92 Å². The van der Waals surface area contributed by atoms with Gasteiger partial charge in [-0.25, -0.2) is 0 Å². The van der Waals surface area contributed by atoms with Crippen LogP contribution in [-0.4, -0.2) is 65.0 Å². The van der Waals surface area contributed by atoms with Gasteiger partial charge in [0.05, 0.1) is 6.61 Å². The molecule has 1 heterocycles. The Balaban J connectivity index is 0.00000392. The second-order valence-corrected chi connectivity index (χ2v) is 7.01. The second-order valence-electron chi connectivity index (χ2n) is 7.01. The van der Waals surface area contributed by atoms with Crippen LogP contribution in [0.25, 0.3) is 0 Å². The Hall–Kier alpha value is -1.06. The smallest absolute Gasteiger partial charge is 0.193 e. The van der Waals surface area contributed by atoms with Crippen LogP contribution in [0.3, 0.4) is 0 Å². The summed E-state index contributed by atoms with van der Waals surface area (Å²) in [6.45, 7) is 4.94. The van der Waals surface area contributed by atoms with Gasteiger partial charge in [0, 0.05) is 60.5 Å². The maximum Gasteiger partial charge on any atom is 0.193 e. The third-order valence-corrected chi connectivity index (χ3v) is 4.90. The third-order valence-electron chi connectivity index (χ3n) is 4.90. The third kappa shape index (κ3) is 9.43. The van der Waals surface area contributed by atoms with E-state index in [2.05, 4.69) is 34.4 Å². The molecule has 28 heavy (non-hydrogen) atoms. The van der Waals surface area contributed by atoms with Crippen molar-refractivity contribution in [1.29, 1.82) is 0 Å². The van der Waals surface area contributed by atoms with Crippen LogP contribution in [0.15, 0.2) is 29.3 Å². The van der Waals surface area contributed by atoms with E-state index < -0.39 is 0 Å². The molecule has 1 N–H and O–H groups in total. The number of hydrogen-bond donors (Lipinski definition) is 1. The van der Waals surface area contributed by atoms with Gasteiger partial charge in [-0.2, -0.15) is 0 Å². The molecule has 0 amide bonds. The Morgan fingerprint density at radius 3 is 2.79 bits per heavy atom. The zero-order valence-corrected chi connectivity index (χ0v) is 19.8. The summed E-state index contributed by atoms with van der Waals surface area (Å²) in [5.74, 6) is 2.59. The molecular weight excluding hydrogens is 469 g/mol. The summed E-state index contributed by atoms with van der Waals surface area (Å²) in [6, 6.07) is 8.20. The van der Waals surface area contributed by atoms with Crippen LogP contribution < -0.4 is 10.1 Å². The summed E-state index contributed by atoms with van der Waals surface area (Å²) < 4.78 is 16.3. The van der Waals surface area contributed by atoms with Crippen molar-refractivity contribution < 1.29 is 14.2 Å². The van der Waals surface area contributed by atoms with Crippen LogP contribution in [0.4, 0.5) is 0 Å². The second kappa shape index (κ2) is 14.9. The number of nitrogens with one attached hydrogen (secondary N) is 1. The predicted molar refractivity (Wildman–Crippen MR) is 125 cm³/mol. The van der Waals surface area contributed by atoms with Gasteiger partial charge in [-0.3, -0.25) is 4.99 Å². The Morgan fingerprint density at radius 1 is 1.29 bits per heavy atom. The monoisotopic (exact) mass is 505 g/mol. The van der Waals surface area contributed by atoms with Gasteiger partial charge in [0.1, 0.15) is 5.75 Å². The molecule has 0 unspecified atom stereocenters. The summed E-state index contributed by atoms with van der Waals surface area (Å²) in [4.78, 5) is 6.63. The molecule has 160 valence electrons. The first-order chi connectivity index (χ1) is 13.2. The molecule has 1 aliphatic heterocycles. The lowest BCUT2D eigenvalue weighted by Crippen LogP contribution is -2.39. The van der Waals surface area contributed by atoms with Crippen LogP contribution in [-0.2, 0) is 16.0 Å². The fourth-order valence-electron chi connectivity index (χ4n) is 3.22. The Bertz CT molecular complexity index is 566. The van der Waals surface area contributed by atoms with Gasteiger partial charge >= 0.3 is 0 Å². The highest BCUT2D eigenvalue weighted by atomic mass is 127. The van der Waals surface area contributed by atoms with Gasteiger partial charge in [0.25, 0.3) is 0 Å². The minimum Gasteiger partial charge on any atom is -0.493 e. The van der Waals surface area contributed by atoms with Crippen molar-refractivity contribution in [3.8, 4) is 5.75 Å². The van der Waals surface area contributed by atoms with Gasteiger partial charge in [-0.05, 0) is 42.9 Å². The summed E-state index contributed by atoms with van der Waals surface area (Å²) in [5.41, 5.74) is 1.18. The van der Waals surface area contributed by atoms with Crippen LogP contribution in [0.2, 0.25) is 0 Å². The molecule has 1 fully saturated rings. The summed E-state index contributed by atoms with van der Waals surface area (Å²) in [6.07, 6.45) is 4.43. The van der Waals surface area contributed by atoms with Gasteiger partial charge in [-0.1, -0.05) is 12.1 Å². The number of rotatable bonds is 10. The Morgan fingerprint density at radius 2 is 2.07 bits per heavy atom. The number of aliphatic imine (C=N–C) groups is 1. The van der Waals surface area contributed by atoms with Gasteiger partial charge in [0.15, 0.2) is 5.96 Å². The van der Waals surface area contributed by atoms with E-state index in [1.54, 1.807) is 7.11 Å². The maximum absolute atomic E-state index is 5.78. The zero-order valence-electron chi connectivity index (χ0n) is 17.5. The van der Waals surface area contributed by atoms with E-state index >= 15 is 0 Å². The molecule has 1 saturated heterocycles. The summed E-state index contributed by atoms with van der Waals surface area (Å²) >= 11 is 0. The lowest BCUT2D eigenvalue weighted by molar-refractivity contribution is 0.0625. The van der Waals surface area contributed by atoms with Gasteiger partial charge in [0.2, 0.25) is 0 Å². The first-order valence-corrected chi connectivity index (χ1v) is 9.93. The van der Waals surface area contributed by atoms with E-state index in [0.717, 1.165) is 57.0 Å². The molecule has 2 rings (SSSR count). The zero-order chi connectivity index (χ0) is 19.3. The SMILES string of the molecule is CN=C(NCc1cccc(OCCCOC)c1)N(C)CCC1CCOCC1.I. The molecule has 6 nitrogen and oxygen atoms in total. The van der Waals surface area contributed by atoms with Crippen molar-refractivity contribution in [2.24, 2.45) is 10.9 Å². The number of methoxy groups -OCH3 is 1. The van der Waals surface area contributed by atoms with E-state index in [9.17, 15) is 0 Å². The predicted octanol–water partition coefficient (Wildman–Crippen LogP) is 3.54. The lowest BCUT2D eigenvalue weighted by atomic mass is 9.96. The van der Waals surface area contributed by atoms with E-state index in [4.69, 9.17) is 14.2 Å². The minimum atomic E-state index is 0. The maximum atomic E-state index is 5.78. The fraction of sp³-hybridized carbons (Fsp3) is 0.667. The van der Waals surface area contributed by atoms with Crippen molar-refractivity contribution in [3.63, 3.8) is 0 Å². The van der Waals surface area contributed by atoms with Crippen molar-refractivity contribution in [1.82, 2.24) is 10.2 Å². The van der Waals surface area contributed by atoms with Crippen molar-refractivity contribution in [2.45, 2.75) is 32.2 Å². The van der Waals surface area contributed by atoms with Gasteiger partial charge in [-0.15, -0.1) is 24.0 Å². The van der Waals surface area contributed by atoms with E-state index in [1.807, 2.05) is 19.2 Å². The molecule has 1 aromatic rings. The number of benzene rings is 1. The average Bonchev–Trinajstić information content (AvgIpc) is 2.71. The number of hydrogen-bond acceptors (Lipinski definition) is 4. The molecule has 7 heteroatoms. The molecule has 1 aliphatic rings. The summed E-state index contributed by atoms with van der Waals surface area (Å²) in [5, 5.41) is 3.45. The highest BCUT2D eigenvalue weighted by Gasteiger charge is 2.15. The summed E-state index contributed by atoms with van der Waals surface area (Å²) in [7, 11) is 5.65. The van der Waals surface area contributed by atoms with Crippen LogP contribution >= 0.6 is 24.0 Å². The van der Waals surface area contributed by atoms with Crippen LogP contribution in [0.5, 0.6) is 5.75 Å². The van der Waals surface area contributed by atoms with Crippen molar-refractivity contribution in [2.75, 3.05) is 54.2 Å². The highest BCUT2D eigenvalue weighted by molar-refractivity contribution is 14.0. The van der Waals surface area contributed by atoms with E-state index in [1.165, 1.54) is 24.8 Å². The molecule has 0 aliphatic carbocycles. The number of ether oxygens (including phenoxy) is 3. The topological polar surface area (TPSA) is 55.3 Å². The molecule has 0 spiro atoms. The van der Waals surface area contributed by atoms with Crippen molar-refractivity contribution >= 4 is 29.9 Å². The molecule has 0 radical (unpaired) electrons. The molecule has 1 aromatic carbocycles. The Kier molecular flexibility index (Phi) is 13.3. The fourth-order valence-corrected chi connectivity index (χ4v) is 3.22. The largest absolute Gasteiger partial charge is 0.493 e. The molecule has 0 bridgehead atoms. The average molecular weight is 505 g/mol. The number of guanidine groups is 1. The van der Waals surface area contributed by atoms with E-state index in [0.29, 0.717) is 6.61 Å². The number of nitrogens with zero attached hydrogens (tertiary/aromatic N) is 2. The molecule has 0 atom stereocenters. The number of halogens is 1. The minimum absolute atomic E-state index is 0. The van der Waals surface area contributed by atoms with Gasteiger partial charge < -0.3 is 24.4 Å². The Labute approximate surface area is 187 Å². The highest BCUT2D eigenvalue weighted by Crippen LogP contribution is 2.18. The molecule has 0 aromatic heterocycles. The normalized spacial score (nSPS) is 15.0.